The molecule has 1 aromatic heterocycles. The number of non-ortho nitro benzene ring substituents is 1. The molecule has 4 rings (SSSR count). The average Bonchev–Trinajstić information content (AvgIpc) is 2.84. The van der Waals surface area contributed by atoms with E-state index < -0.39 is 9.85 Å². The molecule has 1 fully saturated rings. The van der Waals surface area contributed by atoms with Crippen LogP contribution < -0.4 is 15.8 Å². The van der Waals surface area contributed by atoms with Gasteiger partial charge in [0, 0.05) is 25.2 Å². The van der Waals surface area contributed by atoms with E-state index in [9.17, 15) is 20.2 Å². The Morgan fingerprint density at radius 2 is 1.61 bits per heavy atom. The monoisotopic (exact) mass is 449 g/mol. The summed E-state index contributed by atoms with van der Waals surface area (Å²) in [6, 6.07) is 16.0. The molecule has 170 valence electrons. The third-order valence-corrected chi connectivity index (χ3v) is 5.67. The molecule has 1 aliphatic heterocycles. The summed E-state index contributed by atoms with van der Waals surface area (Å²) in [4.78, 5) is 31.8. The van der Waals surface area contributed by atoms with Gasteiger partial charge in [0.25, 0.3) is 5.69 Å². The molecule has 2 aromatic carbocycles. The maximum atomic E-state index is 11.9. The Morgan fingerprint density at radius 3 is 2.24 bits per heavy atom. The number of anilines is 3. The van der Waals surface area contributed by atoms with Gasteiger partial charge in [-0.25, -0.2) is 9.97 Å². The molecule has 0 unspecified atom stereocenters. The minimum atomic E-state index is -0.498. The summed E-state index contributed by atoms with van der Waals surface area (Å²) in [6.07, 6.45) is 4.12. The van der Waals surface area contributed by atoms with Crippen LogP contribution in [-0.4, -0.2) is 32.9 Å². The number of nitrogens with one attached hydrogen (secondary N) is 2. The van der Waals surface area contributed by atoms with Gasteiger partial charge in [-0.15, -0.1) is 0 Å². The van der Waals surface area contributed by atoms with Crippen molar-refractivity contribution in [2.75, 3.05) is 28.8 Å². The summed E-state index contributed by atoms with van der Waals surface area (Å²) in [5, 5.41) is 22.7. The van der Waals surface area contributed by atoms with Crippen LogP contribution in [0.2, 0.25) is 0 Å². The Hall–Kier alpha value is -4.28. The molecule has 1 saturated heterocycles. The number of hydrogen-bond donors (Lipinski definition) is 2. The van der Waals surface area contributed by atoms with E-state index in [2.05, 4.69) is 33.0 Å². The maximum absolute atomic E-state index is 11.9. The Bertz CT molecular complexity index is 1120. The lowest BCUT2D eigenvalue weighted by Gasteiger charge is -2.32. The van der Waals surface area contributed by atoms with Crippen LogP contribution in [0.5, 0.6) is 0 Å². The number of nitro benzene ring substituents is 1. The van der Waals surface area contributed by atoms with Crippen LogP contribution in [0.25, 0.3) is 0 Å². The van der Waals surface area contributed by atoms with Gasteiger partial charge >= 0.3 is 5.69 Å². The van der Waals surface area contributed by atoms with Gasteiger partial charge in [-0.3, -0.25) is 31.1 Å². The number of nitrogens with zero attached hydrogens (tertiary/aromatic N) is 5. The zero-order valence-corrected chi connectivity index (χ0v) is 17.8. The highest BCUT2D eigenvalue weighted by atomic mass is 16.6. The molecule has 11 heteroatoms. The number of hydrazine groups is 1. The minimum absolute atomic E-state index is 0.0229. The predicted octanol–water partition coefficient (Wildman–Crippen LogP) is 4.19. The standard InChI is InChI=1S/C22H23N7O4/c30-28(31)19-8-6-18(7-9-19)25-26-21-20(29(32)33)22(24-15-23-21)27-12-10-17(11-13-27)14-16-4-2-1-3-5-16/h1-9,15,17,25H,10-14H2,(H,23,24,26). The van der Waals surface area contributed by atoms with Gasteiger partial charge in [-0.2, -0.15) is 0 Å². The molecule has 1 aliphatic rings. The van der Waals surface area contributed by atoms with Gasteiger partial charge in [0.2, 0.25) is 11.6 Å². The zero-order chi connectivity index (χ0) is 23.2. The number of benzene rings is 2. The maximum Gasteiger partial charge on any atom is 0.355 e. The molecule has 0 bridgehead atoms. The van der Waals surface area contributed by atoms with Crippen LogP contribution in [0.1, 0.15) is 18.4 Å². The van der Waals surface area contributed by atoms with Gasteiger partial charge in [0.15, 0.2) is 0 Å². The Kier molecular flexibility index (Phi) is 6.58. The predicted molar refractivity (Wildman–Crippen MR) is 124 cm³/mol. The molecule has 0 saturated carbocycles. The quantitative estimate of drug-likeness (QED) is 0.382. The fourth-order valence-electron chi connectivity index (χ4n) is 3.95. The third-order valence-electron chi connectivity index (χ3n) is 5.67. The van der Waals surface area contributed by atoms with Crippen LogP contribution in [0.4, 0.5) is 28.7 Å². The molecule has 3 aromatic rings. The highest BCUT2D eigenvalue weighted by molar-refractivity contribution is 5.71. The van der Waals surface area contributed by atoms with E-state index in [4.69, 9.17) is 0 Å². The first-order valence-corrected chi connectivity index (χ1v) is 10.6. The molecule has 0 radical (unpaired) electrons. The van der Waals surface area contributed by atoms with Gasteiger partial charge in [-0.1, -0.05) is 30.3 Å². The summed E-state index contributed by atoms with van der Waals surface area (Å²) < 4.78 is 0. The average molecular weight is 449 g/mol. The minimum Gasteiger partial charge on any atom is -0.351 e. The molecule has 2 N–H and O–H groups in total. The van der Waals surface area contributed by atoms with E-state index in [1.54, 1.807) is 0 Å². The second-order valence-corrected chi connectivity index (χ2v) is 7.83. The van der Waals surface area contributed by atoms with Crippen molar-refractivity contribution in [1.29, 1.82) is 0 Å². The van der Waals surface area contributed by atoms with Crippen molar-refractivity contribution in [2.24, 2.45) is 5.92 Å². The summed E-state index contributed by atoms with van der Waals surface area (Å²) in [7, 11) is 0. The van der Waals surface area contributed by atoms with Crippen molar-refractivity contribution in [3.63, 3.8) is 0 Å². The molecule has 2 heterocycles. The fourth-order valence-corrected chi connectivity index (χ4v) is 3.95. The van der Waals surface area contributed by atoms with Gasteiger partial charge < -0.3 is 4.90 Å². The number of hydrogen-bond acceptors (Lipinski definition) is 9. The first kappa shape index (κ1) is 21.9. The second kappa shape index (κ2) is 9.90. The van der Waals surface area contributed by atoms with E-state index in [0.717, 1.165) is 19.3 Å². The number of aromatic nitrogens is 2. The van der Waals surface area contributed by atoms with E-state index in [1.807, 2.05) is 23.1 Å². The van der Waals surface area contributed by atoms with E-state index in [1.165, 1.54) is 36.2 Å². The lowest BCUT2D eigenvalue weighted by molar-refractivity contribution is -0.384. The van der Waals surface area contributed by atoms with Crippen LogP contribution in [-0.2, 0) is 6.42 Å². The Balaban J connectivity index is 1.44. The van der Waals surface area contributed by atoms with Crippen LogP contribution in [0.3, 0.4) is 0 Å². The SMILES string of the molecule is O=[N+]([O-])c1ccc(NNc2ncnc(N3CCC(Cc4ccccc4)CC3)c2[N+](=O)[O-])cc1. The lowest BCUT2D eigenvalue weighted by Crippen LogP contribution is -2.35. The van der Waals surface area contributed by atoms with Gasteiger partial charge in [-0.05, 0) is 42.9 Å². The van der Waals surface area contributed by atoms with Crippen LogP contribution in [0, 0.1) is 26.1 Å². The molecule has 0 aliphatic carbocycles. The Morgan fingerprint density at radius 1 is 0.909 bits per heavy atom. The largest absolute Gasteiger partial charge is 0.355 e. The molecule has 0 spiro atoms. The summed E-state index contributed by atoms with van der Waals surface area (Å²) in [6.45, 7) is 1.34. The van der Waals surface area contributed by atoms with Crippen molar-refractivity contribution in [3.05, 3.63) is 86.7 Å². The van der Waals surface area contributed by atoms with Gasteiger partial charge in [0.05, 0.1) is 15.5 Å². The lowest BCUT2D eigenvalue weighted by atomic mass is 9.90. The first-order valence-electron chi connectivity index (χ1n) is 10.6. The summed E-state index contributed by atoms with van der Waals surface area (Å²) in [5.41, 5.74) is 7.07. The number of rotatable bonds is 8. The van der Waals surface area contributed by atoms with E-state index in [0.29, 0.717) is 24.7 Å². The smallest absolute Gasteiger partial charge is 0.351 e. The van der Waals surface area contributed by atoms with Crippen molar-refractivity contribution >= 4 is 28.7 Å². The molecule has 0 atom stereocenters. The molecule has 11 nitrogen and oxygen atoms in total. The van der Waals surface area contributed by atoms with Gasteiger partial charge in [0.1, 0.15) is 6.33 Å². The van der Waals surface area contributed by atoms with Crippen molar-refractivity contribution in [3.8, 4) is 0 Å². The number of nitro groups is 2. The zero-order valence-electron chi connectivity index (χ0n) is 17.8. The van der Waals surface area contributed by atoms with Crippen molar-refractivity contribution < 1.29 is 9.85 Å². The summed E-state index contributed by atoms with van der Waals surface area (Å²) >= 11 is 0. The fraction of sp³-hybridized carbons (Fsp3) is 0.273. The highest BCUT2D eigenvalue weighted by Gasteiger charge is 2.30. The highest BCUT2D eigenvalue weighted by Crippen LogP contribution is 2.34. The third kappa shape index (κ3) is 5.32. The van der Waals surface area contributed by atoms with Crippen molar-refractivity contribution in [2.45, 2.75) is 19.3 Å². The molecular weight excluding hydrogens is 426 g/mol. The Labute approximate surface area is 189 Å². The van der Waals surface area contributed by atoms with Crippen LogP contribution in [0.15, 0.2) is 60.9 Å². The topological polar surface area (TPSA) is 139 Å². The molecular formula is C22H23N7O4. The molecule has 33 heavy (non-hydrogen) atoms. The van der Waals surface area contributed by atoms with E-state index >= 15 is 0 Å². The number of piperidine rings is 1. The van der Waals surface area contributed by atoms with E-state index in [-0.39, 0.29) is 23.0 Å². The van der Waals surface area contributed by atoms with Crippen LogP contribution >= 0.6 is 0 Å². The normalized spacial score (nSPS) is 14.0. The summed E-state index contributed by atoms with van der Waals surface area (Å²) in [5.74, 6) is 0.821. The first-order chi connectivity index (χ1) is 16.0. The second-order valence-electron chi connectivity index (χ2n) is 7.83. The van der Waals surface area contributed by atoms with Crippen molar-refractivity contribution in [1.82, 2.24) is 9.97 Å². The molecule has 0 amide bonds.